The van der Waals surface area contributed by atoms with E-state index < -0.39 is 0 Å². The molecule has 1 aromatic heterocycles. The number of ether oxygens (including phenoxy) is 2. The van der Waals surface area contributed by atoms with Crippen molar-refractivity contribution >= 4 is 5.82 Å². The molecule has 4 rings (SSSR count). The van der Waals surface area contributed by atoms with E-state index in [2.05, 4.69) is 15.3 Å². The summed E-state index contributed by atoms with van der Waals surface area (Å²) in [4.78, 5) is 8.55. The molecule has 2 aliphatic rings. The summed E-state index contributed by atoms with van der Waals surface area (Å²) in [6, 6.07) is 7.86. The third-order valence-corrected chi connectivity index (χ3v) is 4.13. The first-order chi connectivity index (χ1) is 10.8. The van der Waals surface area contributed by atoms with Crippen molar-refractivity contribution in [3.63, 3.8) is 0 Å². The van der Waals surface area contributed by atoms with Crippen LogP contribution in [0.2, 0.25) is 0 Å². The van der Waals surface area contributed by atoms with Gasteiger partial charge in [-0.2, -0.15) is 0 Å². The Bertz CT molecular complexity index is 686. The molecule has 1 aliphatic carbocycles. The number of fused-ring (bicyclic) bond motifs is 1. The first kappa shape index (κ1) is 13.3. The van der Waals surface area contributed by atoms with E-state index in [1.165, 1.54) is 0 Å². The van der Waals surface area contributed by atoms with Gasteiger partial charge >= 0.3 is 0 Å². The molecule has 0 atom stereocenters. The van der Waals surface area contributed by atoms with Crippen molar-refractivity contribution in [2.75, 3.05) is 12.1 Å². The van der Waals surface area contributed by atoms with Crippen LogP contribution in [-0.2, 0) is 6.54 Å². The Morgan fingerprint density at radius 2 is 2.00 bits per heavy atom. The van der Waals surface area contributed by atoms with Crippen LogP contribution in [0.1, 0.15) is 30.0 Å². The highest BCUT2D eigenvalue weighted by Gasteiger charge is 2.29. The van der Waals surface area contributed by atoms with Gasteiger partial charge in [-0.25, -0.2) is 9.97 Å². The highest BCUT2D eigenvalue weighted by molar-refractivity contribution is 5.46. The molecule has 2 N–H and O–H groups in total. The lowest BCUT2D eigenvalue weighted by molar-refractivity contribution is 0.0732. The van der Waals surface area contributed by atoms with Crippen molar-refractivity contribution in [1.82, 2.24) is 9.97 Å². The summed E-state index contributed by atoms with van der Waals surface area (Å²) in [7, 11) is 0. The van der Waals surface area contributed by atoms with Gasteiger partial charge in [0.25, 0.3) is 0 Å². The second kappa shape index (κ2) is 5.46. The lowest BCUT2D eigenvalue weighted by Crippen LogP contribution is -2.27. The predicted octanol–water partition coefficient (Wildman–Crippen LogP) is 2.06. The molecule has 0 bridgehead atoms. The molecule has 1 fully saturated rings. The fraction of sp³-hybridized carbons (Fsp3) is 0.375. The van der Waals surface area contributed by atoms with Gasteiger partial charge in [0.15, 0.2) is 11.5 Å². The van der Waals surface area contributed by atoms with E-state index in [1.54, 1.807) is 6.33 Å². The van der Waals surface area contributed by atoms with Crippen LogP contribution in [0, 0.1) is 0 Å². The van der Waals surface area contributed by atoms with E-state index in [0.717, 1.165) is 41.4 Å². The average Bonchev–Trinajstić information content (AvgIpc) is 2.98. The van der Waals surface area contributed by atoms with Gasteiger partial charge in [0.2, 0.25) is 6.79 Å². The van der Waals surface area contributed by atoms with Crippen LogP contribution in [0.4, 0.5) is 5.82 Å². The van der Waals surface area contributed by atoms with Gasteiger partial charge in [0.05, 0.1) is 6.10 Å². The van der Waals surface area contributed by atoms with Crippen LogP contribution in [-0.4, -0.2) is 28.0 Å². The number of anilines is 1. The molecule has 2 heterocycles. The standard InChI is InChI=1S/C16H17N3O3/c20-12-4-11(5-12)13-6-16(19-8-18-13)17-7-10-1-2-14-15(3-10)22-9-21-14/h1-3,6,8,11-12,20H,4-5,7,9H2,(H,17,18,19). The maximum atomic E-state index is 9.40. The zero-order valence-electron chi connectivity index (χ0n) is 12.0. The van der Waals surface area contributed by atoms with E-state index in [4.69, 9.17) is 9.47 Å². The predicted molar refractivity (Wildman–Crippen MR) is 79.9 cm³/mol. The lowest BCUT2D eigenvalue weighted by Gasteiger charge is -2.30. The van der Waals surface area contributed by atoms with Crippen LogP contribution >= 0.6 is 0 Å². The molecule has 1 aromatic carbocycles. The van der Waals surface area contributed by atoms with Gasteiger partial charge in [0, 0.05) is 24.2 Å². The number of rotatable bonds is 4. The number of aliphatic hydroxyl groups excluding tert-OH is 1. The van der Waals surface area contributed by atoms with Crippen LogP contribution < -0.4 is 14.8 Å². The molecular formula is C16H17N3O3. The molecule has 114 valence electrons. The highest BCUT2D eigenvalue weighted by atomic mass is 16.7. The molecule has 0 radical (unpaired) electrons. The van der Waals surface area contributed by atoms with Crippen molar-refractivity contribution in [3.05, 3.63) is 41.9 Å². The van der Waals surface area contributed by atoms with E-state index in [9.17, 15) is 5.11 Å². The molecule has 0 unspecified atom stereocenters. The van der Waals surface area contributed by atoms with Crippen LogP contribution in [0.5, 0.6) is 11.5 Å². The monoisotopic (exact) mass is 299 g/mol. The highest BCUT2D eigenvalue weighted by Crippen LogP contribution is 2.36. The van der Waals surface area contributed by atoms with E-state index in [1.807, 2.05) is 24.3 Å². The fourth-order valence-electron chi connectivity index (χ4n) is 2.77. The Kier molecular flexibility index (Phi) is 3.31. The number of benzene rings is 1. The van der Waals surface area contributed by atoms with Gasteiger partial charge < -0.3 is 19.9 Å². The molecule has 6 nitrogen and oxygen atoms in total. The molecular weight excluding hydrogens is 282 g/mol. The number of hydrogen-bond acceptors (Lipinski definition) is 6. The smallest absolute Gasteiger partial charge is 0.231 e. The average molecular weight is 299 g/mol. The molecule has 2 aromatic rings. The van der Waals surface area contributed by atoms with Gasteiger partial charge in [0.1, 0.15) is 12.1 Å². The molecule has 6 heteroatoms. The number of hydrogen-bond donors (Lipinski definition) is 2. The van der Waals surface area contributed by atoms with Gasteiger partial charge in [-0.15, -0.1) is 0 Å². The normalized spacial score (nSPS) is 22.2. The van der Waals surface area contributed by atoms with Gasteiger partial charge in [-0.3, -0.25) is 0 Å². The van der Waals surface area contributed by atoms with Crippen LogP contribution in [0.3, 0.4) is 0 Å². The minimum absolute atomic E-state index is 0.176. The first-order valence-corrected chi connectivity index (χ1v) is 7.40. The number of nitrogens with one attached hydrogen (secondary N) is 1. The van der Waals surface area contributed by atoms with E-state index in [-0.39, 0.29) is 12.9 Å². The summed E-state index contributed by atoms with van der Waals surface area (Å²) in [5.74, 6) is 2.72. The van der Waals surface area contributed by atoms with Crippen LogP contribution in [0.15, 0.2) is 30.6 Å². The van der Waals surface area contributed by atoms with E-state index in [0.29, 0.717) is 12.5 Å². The largest absolute Gasteiger partial charge is 0.454 e. The summed E-state index contributed by atoms with van der Waals surface area (Å²) in [5, 5.41) is 12.7. The second-order valence-corrected chi connectivity index (χ2v) is 5.69. The second-order valence-electron chi connectivity index (χ2n) is 5.69. The molecule has 1 aliphatic heterocycles. The maximum absolute atomic E-state index is 9.40. The van der Waals surface area contributed by atoms with Crippen molar-refractivity contribution in [1.29, 1.82) is 0 Å². The summed E-state index contributed by atoms with van der Waals surface area (Å²) in [6.45, 7) is 0.940. The number of nitrogens with zero attached hydrogens (tertiary/aromatic N) is 2. The molecule has 0 saturated heterocycles. The Balaban J connectivity index is 1.42. The number of aliphatic hydroxyl groups is 1. The van der Waals surface area contributed by atoms with E-state index >= 15 is 0 Å². The minimum Gasteiger partial charge on any atom is -0.454 e. The zero-order valence-corrected chi connectivity index (χ0v) is 12.0. The molecule has 0 spiro atoms. The Morgan fingerprint density at radius 1 is 1.14 bits per heavy atom. The summed E-state index contributed by atoms with van der Waals surface area (Å²) < 4.78 is 10.7. The third kappa shape index (κ3) is 2.57. The molecule has 0 amide bonds. The topological polar surface area (TPSA) is 76.5 Å². The van der Waals surface area contributed by atoms with Crippen molar-refractivity contribution in [2.45, 2.75) is 31.4 Å². The molecule has 22 heavy (non-hydrogen) atoms. The quantitative estimate of drug-likeness (QED) is 0.900. The van der Waals surface area contributed by atoms with Crippen molar-refractivity contribution in [2.24, 2.45) is 0 Å². The summed E-state index contributed by atoms with van der Waals surface area (Å²) >= 11 is 0. The lowest BCUT2D eigenvalue weighted by atomic mass is 9.80. The Hall–Kier alpha value is -2.34. The maximum Gasteiger partial charge on any atom is 0.231 e. The van der Waals surface area contributed by atoms with Crippen molar-refractivity contribution in [3.8, 4) is 11.5 Å². The zero-order chi connectivity index (χ0) is 14.9. The first-order valence-electron chi connectivity index (χ1n) is 7.40. The number of aromatic nitrogens is 2. The van der Waals surface area contributed by atoms with Crippen LogP contribution in [0.25, 0.3) is 0 Å². The van der Waals surface area contributed by atoms with Gasteiger partial charge in [-0.05, 0) is 30.5 Å². The summed E-state index contributed by atoms with van der Waals surface area (Å²) in [6.07, 6.45) is 2.98. The SMILES string of the molecule is OC1CC(c2cc(NCc3ccc4c(c3)OCO4)ncn2)C1. The fourth-order valence-corrected chi connectivity index (χ4v) is 2.77. The third-order valence-electron chi connectivity index (χ3n) is 4.13. The molecule has 1 saturated carbocycles. The Morgan fingerprint density at radius 3 is 2.86 bits per heavy atom. The minimum atomic E-state index is -0.176. The van der Waals surface area contributed by atoms with Gasteiger partial charge in [-0.1, -0.05) is 6.07 Å². The Labute approximate surface area is 128 Å². The summed E-state index contributed by atoms with van der Waals surface area (Å²) in [5.41, 5.74) is 2.09. The van der Waals surface area contributed by atoms with Crippen molar-refractivity contribution < 1.29 is 14.6 Å².